The Balaban J connectivity index is 2.14. The summed E-state index contributed by atoms with van der Waals surface area (Å²) in [5.74, 6) is 0.587. The molecule has 0 atom stereocenters. The third kappa shape index (κ3) is 1.67. The van der Waals surface area contributed by atoms with Crippen LogP contribution >= 0.6 is 0 Å². The molecule has 1 aliphatic rings. The van der Waals surface area contributed by atoms with E-state index in [0.717, 1.165) is 19.5 Å². The average molecular weight is 246 g/mol. The quantitative estimate of drug-likeness (QED) is 0.584. The first kappa shape index (κ1) is 10.6. The molecular formula is C10H10N6O2. The number of hydrogen-bond acceptors (Lipinski definition) is 6. The molecule has 0 saturated heterocycles. The van der Waals surface area contributed by atoms with Gasteiger partial charge in [-0.2, -0.15) is 4.68 Å². The van der Waals surface area contributed by atoms with Crippen LogP contribution in [0.15, 0.2) is 23.2 Å². The molecule has 1 N–H and O–H groups in total. The molecule has 0 bridgehead atoms. The number of nitro benzene ring substituents is 1. The van der Waals surface area contributed by atoms with E-state index < -0.39 is 4.92 Å². The second-order valence-electron chi connectivity index (χ2n) is 3.92. The van der Waals surface area contributed by atoms with Gasteiger partial charge in [0.2, 0.25) is 5.96 Å². The number of non-ortho nitro benzene ring substituents is 1. The normalized spacial score (nSPS) is 15.2. The van der Waals surface area contributed by atoms with E-state index in [2.05, 4.69) is 20.6 Å². The lowest BCUT2D eigenvalue weighted by Gasteiger charge is -2.13. The van der Waals surface area contributed by atoms with Crippen LogP contribution in [0.4, 0.5) is 5.69 Å². The second-order valence-corrected chi connectivity index (χ2v) is 3.92. The van der Waals surface area contributed by atoms with Gasteiger partial charge in [0.15, 0.2) is 0 Å². The van der Waals surface area contributed by atoms with Crippen LogP contribution in [0.5, 0.6) is 0 Å². The molecule has 18 heavy (non-hydrogen) atoms. The van der Waals surface area contributed by atoms with Crippen LogP contribution in [0.3, 0.4) is 0 Å². The topological polar surface area (TPSA) is 98.2 Å². The Morgan fingerprint density at radius 1 is 1.44 bits per heavy atom. The molecule has 0 fully saturated rings. The van der Waals surface area contributed by atoms with Gasteiger partial charge in [-0.05, 0) is 12.5 Å². The van der Waals surface area contributed by atoms with Crippen molar-refractivity contribution in [3.8, 4) is 0 Å². The number of nitro groups is 1. The molecule has 8 heteroatoms. The predicted octanol–water partition coefficient (Wildman–Crippen LogP) is 0.537. The molecule has 0 amide bonds. The van der Waals surface area contributed by atoms with Crippen LogP contribution in [-0.4, -0.2) is 39.0 Å². The summed E-state index contributed by atoms with van der Waals surface area (Å²) in [5, 5.41) is 21.8. The Morgan fingerprint density at radius 3 is 3.06 bits per heavy atom. The third-order valence-electron chi connectivity index (χ3n) is 2.72. The molecule has 0 unspecified atom stereocenters. The third-order valence-corrected chi connectivity index (χ3v) is 2.72. The zero-order valence-corrected chi connectivity index (χ0v) is 9.41. The molecule has 1 aliphatic heterocycles. The Hall–Kier alpha value is -2.51. The molecule has 1 aromatic heterocycles. The minimum Gasteiger partial charge on any atom is -0.354 e. The van der Waals surface area contributed by atoms with Crippen molar-refractivity contribution >= 4 is 22.7 Å². The van der Waals surface area contributed by atoms with E-state index in [0.29, 0.717) is 17.0 Å². The van der Waals surface area contributed by atoms with Crippen molar-refractivity contribution in [1.29, 1.82) is 0 Å². The molecule has 0 saturated carbocycles. The van der Waals surface area contributed by atoms with Crippen LogP contribution in [0.25, 0.3) is 11.0 Å². The number of aromatic nitrogens is 3. The highest BCUT2D eigenvalue weighted by atomic mass is 16.6. The molecular weight excluding hydrogens is 236 g/mol. The fourth-order valence-corrected chi connectivity index (χ4v) is 1.84. The van der Waals surface area contributed by atoms with E-state index in [1.165, 1.54) is 16.8 Å². The summed E-state index contributed by atoms with van der Waals surface area (Å²) in [6, 6.07) is 4.45. The van der Waals surface area contributed by atoms with Gasteiger partial charge in [0, 0.05) is 25.2 Å². The maximum absolute atomic E-state index is 10.8. The summed E-state index contributed by atoms with van der Waals surface area (Å²) in [7, 11) is 0. The molecule has 0 aliphatic carbocycles. The summed E-state index contributed by atoms with van der Waals surface area (Å²) in [5.41, 5.74) is 1.20. The zero-order chi connectivity index (χ0) is 12.5. The van der Waals surface area contributed by atoms with E-state index >= 15 is 0 Å². The lowest BCUT2D eigenvalue weighted by Crippen LogP contribution is -2.35. The van der Waals surface area contributed by atoms with Gasteiger partial charge in [0.25, 0.3) is 5.69 Å². The summed E-state index contributed by atoms with van der Waals surface area (Å²) in [4.78, 5) is 14.6. The monoisotopic (exact) mass is 246 g/mol. The summed E-state index contributed by atoms with van der Waals surface area (Å²) in [6.45, 7) is 1.54. The summed E-state index contributed by atoms with van der Waals surface area (Å²) >= 11 is 0. The highest BCUT2D eigenvalue weighted by Gasteiger charge is 2.15. The van der Waals surface area contributed by atoms with Crippen molar-refractivity contribution in [1.82, 2.24) is 20.3 Å². The smallest absolute Gasteiger partial charge is 0.271 e. The number of rotatable bonds is 1. The molecule has 0 spiro atoms. The number of nitrogens with zero attached hydrogens (tertiary/aromatic N) is 5. The van der Waals surface area contributed by atoms with Gasteiger partial charge in [-0.1, -0.05) is 5.21 Å². The van der Waals surface area contributed by atoms with Crippen molar-refractivity contribution in [3.05, 3.63) is 28.3 Å². The molecule has 92 valence electrons. The first-order chi connectivity index (χ1) is 8.75. The maximum Gasteiger partial charge on any atom is 0.271 e. The van der Waals surface area contributed by atoms with Gasteiger partial charge in [-0.3, -0.25) is 15.1 Å². The highest BCUT2D eigenvalue weighted by molar-refractivity contribution is 5.91. The molecule has 2 aromatic rings. The van der Waals surface area contributed by atoms with Crippen LogP contribution in [0, 0.1) is 10.1 Å². The molecule has 3 rings (SSSR count). The van der Waals surface area contributed by atoms with Crippen LogP contribution in [0.1, 0.15) is 6.42 Å². The molecule has 2 heterocycles. The SMILES string of the molecule is O=[N+]([O-])c1ccc2nnn(C3=NCCCN3)c2c1. The van der Waals surface area contributed by atoms with E-state index in [4.69, 9.17) is 0 Å². The van der Waals surface area contributed by atoms with Gasteiger partial charge < -0.3 is 5.32 Å². The standard InChI is InChI=1S/C10H10N6O2/c17-16(18)7-2-3-8-9(6-7)15(14-13-8)10-11-4-1-5-12-10/h2-3,6H,1,4-5H2,(H,11,12). The summed E-state index contributed by atoms with van der Waals surface area (Å²) in [6.07, 6.45) is 0.969. The lowest BCUT2D eigenvalue weighted by molar-refractivity contribution is -0.384. The van der Waals surface area contributed by atoms with Crippen molar-refractivity contribution in [2.45, 2.75) is 6.42 Å². The fourth-order valence-electron chi connectivity index (χ4n) is 1.84. The van der Waals surface area contributed by atoms with Crippen molar-refractivity contribution < 1.29 is 4.92 Å². The minimum absolute atomic E-state index is 0.0162. The number of fused-ring (bicyclic) bond motifs is 1. The second kappa shape index (κ2) is 4.06. The fraction of sp³-hybridized carbons (Fsp3) is 0.300. The largest absolute Gasteiger partial charge is 0.354 e. The van der Waals surface area contributed by atoms with Crippen LogP contribution in [-0.2, 0) is 0 Å². The van der Waals surface area contributed by atoms with Crippen molar-refractivity contribution in [2.24, 2.45) is 4.99 Å². The molecule has 1 aromatic carbocycles. The van der Waals surface area contributed by atoms with Gasteiger partial charge >= 0.3 is 0 Å². The van der Waals surface area contributed by atoms with Gasteiger partial charge in [-0.15, -0.1) is 5.10 Å². The zero-order valence-electron chi connectivity index (χ0n) is 9.41. The summed E-state index contributed by atoms with van der Waals surface area (Å²) < 4.78 is 1.50. The Kier molecular flexibility index (Phi) is 2.40. The van der Waals surface area contributed by atoms with Crippen molar-refractivity contribution in [3.63, 3.8) is 0 Å². The number of nitrogens with one attached hydrogen (secondary N) is 1. The Bertz CT molecular complexity index is 647. The Labute approximate surface area is 101 Å². The van der Waals surface area contributed by atoms with Gasteiger partial charge in [0.1, 0.15) is 11.0 Å². The molecule has 0 radical (unpaired) electrons. The number of hydrogen-bond donors (Lipinski definition) is 1. The lowest BCUT2D eigenvalue weighted by atomic mass is 10.3. The van der Waals surface area contributed by atoms with E-state index in [1.807, 2.05) is 0 Å². The molecule has 8 nitrogen and oxygen atoms in total. The van der Waals surface area contributed by atoms with Gasteiger partial charge in [0.05, 0.1) is 4.92 Å². The van der Waals surface area contributed by atoms with E-state index in [9.17, 15) is 10.1 Å². The van der Waals surface area contributed by atoms with Crippen molar-refractivity contribution in [2.75, 3.05) is 13.1 Å². The number of benzene rings is 1. The average Bonchev–Trinajstić information content (AvgIpc) is 2.82. The number of aliphatic imine (C=N–C) groups is 1. The van der Waals surface area contributed by atoms with Gasteiger partial charge in [-0.25, -0.2) is 0 Å². The van der Waals surface area contributed by atoms with E-state index in [-0.39, 0.29) is 5.69 Å². The van der Waals surface area contributed by atoms with Crippen LogP contribution < -0.4 is 5.32 Å². The predicted molar refractivity (Wildman–Crippen MR) is 64.5 cm³/mol. The minimum atomic E-state index is -0.438. The van der Waals surface area contributed by atoms with E-state index in [1.54, 1.807) is 6.07 Å². The first-order valence-corrected chi connectivity index (χ1v) is 5.54. The first-order valence-electron chi connectivity index (χ1n) is 5.54. The maximum atomic E-state index is 10.8. The Morgan fingerprint density at radius 2 is 2.33 bits per heavy atom. The van der Waals surface area contributed by atoms with Crippen LogP contribution in [0.2, 0.25) is 0 Å². The highest BCUT2D eigenvalue weighted by Crippen LogP contribution is 2.18.